The molecule has 0 fully saturated rings. The van der Waals surface area contributed by atoms with Gasteiger partial charge in [-0.3, -0.25) is 0 Å². The van der Waals surface area contributed by atoms with E-state index in [9.17, 15) is 0 Å². The number of nitrogens with zero attached hydrogens (tertiary/aromatic N) is 3. The first-order valence-corrected chi connectivity index (χ1v) is 6.38. The third kappa shape index (κ3) is 2.89. The molecule has 20 heavy (non-hydrogen) atoms. The SMILES string of the molecule is COc1ccc(C(C)N(C)c2ccc(C#N)cn2)cc1. The molecule has 0 bridgehead atoms. The fourth-order valence-electron chi connectivity index (χ4n) is 1.97. The molecule has 0 spiro atoms. The fraction of sp³-hybridized carbons (Fsp3) is 0.250. The van der Waals surface area contributed by atoms with Gasteiger partial charge in [0.05, 0.1) is 18.7 Å². The molecule has 0 saturated heterocycles. The largest absolute Gasteiger partial charge is 0.497 e. The molecule has 0 aliphatic rings. The highest BCUT2D eigenvalue weighted by atomic mass is 16.5. The van der Waals surface area contributed by atoms with Crippen LogP contribution in [0.1, 0.15) is 24.1 Å². The number of rotatable bonds is 4. The molecule has 0 N–H and O–H groups in total. The summed E-state index contributed by atoms with van der Waals surface area (Å²) in [5.74, 6) is 1.69. The molecule has 4 heteroatoms. The lowest BCUT2D eigenvalue weighted by Gasteiger charge is -2.26. The van der Waals surface area contributed by atoms with Crippen molar-refractivity contribution in [3.05, 3.63) is 53.7 Å². The van der Waals surface area contributed by atoms with Gasteiger partial charge in [0.25, 0.3) is 0 Å². The van der Waals surface area contributed by atoms with Crippen LogP contribution in [0.4, 0.5) is 5.82 Å². The van der Waals surface area contributed by atoms with Gasteiger partial charge in [0, 0.05) is 13.2 Å². The van der Waals surface area contributed by atoms with Crippen LogP contribution < -0.4 is 9.64 Å². The number of benzene rings is 1. The Balaban J connectivity index is 2.17. The molecule has 0 aliphatic heterocycles. The average Bonchev–Trinajstić information content (AvgIpc) is 2.53. The molecule has 102 valence electrons. The van der Waals surface area contributed by atoms with Crippen LogP contribution in [0.5, 0.6) is 5.75 Å². The summed E-state index contributed by atoms with van der Waals surface area (Å²) in [5.41, 5.74) is 1.75. The molecule has 1 aromatic heterocycles. The van der Waals surface area contributed by atoms with Gasteiger partial charge in [0.2, 0.25) is 0 Å². The van der Waals surface area contributed by atoms with Crippen LogP contribution in [0, 0.1) is 11.3 Å². The lowest BCUT2D eigenvalue weighted by Crippen LogP contribution is -2.22. The minimum absolute atomic E-state index is 0.182. The van der Waals surface area contributed by atoms with Crippen molar-refractivity contribution >= 4 is 5.82 Å². The standard InChI is InChI=1S/C16H17N3O/c1-12(14-5-7-15(20-3)8-6-14)19(2)16-9-4-13(10-17)11-18-16/h4-9,11-12H,1-3H3. The van der Waals surface area contributed by atoms with Crippen molar-refractivity contribution in [2.24, 2.45) is 0 Å². The Morgan fingerprint density at radius 1 is 1.20 bits per heavy atom. The van der Waals surface area contributed by atoms with Gasteiger partial charge in [-0.05, 0) is 36.8 Å². The third-order valence-electron chi connectivity index (χ3n) is 3.42. The van der Waals surface area contributed by atoms with Gasteiger partial charge in [-0.2, -0.15) is 5.26 Å². The Morgan fingerprint density at radius 2 is 1.90 bits per heavy atom. The first kappa shape index (κ1) is 13.9. The summed E-state index contributed by atoms with van der Waals surface area (Å²) in [6, 6.07) is 13.9. The minimum Gasteiger partial charge on any atom is -0.497 e. The molecular formula is C16H17N3O. The molecule has 2 rings (SSSR count). The molecule has 4 nitrogen and oxygen atoms in total. The highest BCUT2D eigenvalue weighted by Crippen LogP contribution is 2.25. The fourth-order valence-corrected chi connectivity index (χ4v) is 1.97. The van der Waals surface area contributed by atoms with Gasteiger partial charge in [-0.15, -0.1) is 0 Å². The zero-order valence-corrected chi connectivity index (χ0v) is 11.9. The first-order chi connectivity index (χ1) is 9.65. The van der Waals surface area contributed by atoms with Crippen molar-refractivity contribution in [2.45, 2.75) is 13.0 Å². The summed E-state index contributed by atoms with van der Waals surface area (Å²) in [5, 5.41) is 8.79. The van der Waals surface area contributed by atoms with E-state index >= 15 is 0 Å². The first-order valence-electron chi connectivity index (χ1n) is 6.38. The summed E-state index contributed by atoms with van der Waals surface area (Å²) >= 11 is 0. The molecule has 1 unspecified atom stereocenters. The minimum atomic E-state index is 0.182. The molecule has 0 aliphatic carbocycles. The summed E-state index contributed by atoms with van der Waals surface area (Å²) < 4.78 is 5.16. The molecule has 0 amide bonds. The zero-order valence-electron chi connectivity index (χ0n) is 11.9. The van der Waals surface area contributed by atoms with Crippen LogP contribution in [0.25, 0.3) is 0 Å². The van der Waals surface area contributed by atoms with Crippen LogP contribution >= 0.6 is 0 Å². The van der Waals surface area contributed by atoms with E-state index in [-0.39, 0.29) is 6.04 Å². The molecule has 2 aromatic rings. The second-order valence-corrected chi connectivity index (χ2v) is 4.58. The van der Waals surface area contributed by atoms with E-state index in [1.807, 2.05) is 37.4 Å². The number of hydrogen-bond donors (Lipinski definition) is 0. The van der Waals surface area contributed by atoms with Crippen LogP contribution in [0.2, 0.25) is 0 Å². The predicted octanol–water partition coefficient (Wildman–Crippen LogP) is 3.16. The van der Waals surface area contributed by atoms with Gasteiger partial charge in [-0.1, -0.05) is 12.1 Å². The lowest BCUT2D eigenvalue weighted by molar-refractivity contribution is 0.414. The number of pyridine rings is 1. The number of nitriles is 1. The second kappa shape index (κ2) is 6.07. The Kier molecular flexibility index (Phi) is 4.21. The van der Waals surface area contributed by atoms with Crippen LogP contribution in [-0.2, 0) is 0 Å². The van der Waals surface area contributed by atoms with E-state index in [0.717, 1.165) is 11.6 Å². The summed E-state index contributed by atoms with van der Waals surface area (Å²) in [4.78, 5) is 6.38. The average molecular weight is 267 g/mol. The van der Waals surface area contributed by atoms with E-state index in [4.69, 9.17) is 10.00 Å². The number of hydrogen-bond acceptors (Lipinski definition) is 4. The highest BCUT2D eigenvalue weighted by Gasteiger charge is 2.13. The van der Waals surface area contributed by atoms with Crippen LogP contribution in [0.15, 0.2) is 42.6 Å². The van der Waals surface area contributed by atoms with Crippen molar-refractivity contribution in [2.75, 3.05) is 19.1 Å². The zero-order chi connectivity index (χ0) is 14.5. The summed E-state index contributed by atoms with van der Waals surface area (Å²) in [6.45, 7) is 2.11. The van der Waals surface area contributed by atoms with Gasteiger partial charge >= 0.3 is 0 Å². The molecule has 1 heterocycles. The van der Waals surface area contributed by atoms with Crippen molar-refractivity contribution in [3.63, 3.8) is 0 Å². The van der Waals surface area contributed by atoms with Gasteiger partial charge in [-0.25, -0.2) is 4.98 Å². The molecule has 1 atom stereocenters. The van der Waals surface area contributed by atoms with Gasteiger partial charge in [0.1, 0.15) is 17.6 Å². The molecular weight excluding hydrogens is 250 g/mol. The van der Waals surface area contributed by atoms with E-state index < -0.39 is 0 Å². The van der Waals surface area contributed by atoms with Crippen molar-refractivity contribution in [1.82, 2.24) is 4.98 Å². The predicted molar refractivity (Wildman–Crippen MR) is 78.8 cm³/mol. The van der Waals surface area contributed by atoms with Gasteiger partial charge < -0.3 is 9.64 Å². The summed E-state index contributed by atoms with van der Waals surface area (Å²) in [7, 11) is 3.65. The number of aromatic nitrogens is 1. The maximum Gasteiger partial charge on any atom is 0.128 e. The van der Waals surface area contributed by atoms with Crippen molar-refractivity contribution < 1.29 is 4.74 Å². The maximum atomic E-state index is 8.79. The van der Waals surface area contributed by atoms with E-state index in [1.54, 1.807) is 19.4 Å². The number of ether oxygens (including phenoxy) is 1. The second-order valence-electron chi connectivity index (χ2n) is 4.58. The normalized spacial score (nSPS) is 11.5. The third-order valence-corrected chi connectivity index (χ3v) is 3.42. The monoisotopic (exact) mass is 267 g/mol. The van der Waals surface area contributed by atoms with Gasteiger partial charge in [0.15, 0.2) is 0 Å². The van der Waals surface area contributed by atoms with Crippen molar-refractivity contribution in [3.8, 4) is 11.8 Å². The Bertz CT molecular complexity index is 599. The maximum absolute atomic E-state index is 8.79. The molecule has 0 radical (unpaired) electrons. The molecule has 0 saturated carbocycles. The van der Waals surface area contributed by atoms with Crippen molar-refractivity contribution in [1.29, 1.82) is 5.26 Å². The topological polar surface area (TPSA) is 49.1 Å². The Morgan fingerprint density at radius 3 is 2.40 bits per heavy atom. The smallest absolute Gasteiger partial charge is 0.128 e. The lowest BCUT2D eigenvalue weighted by atomic mass is 10.1. The van der Waals surface area contributed by atoms with E-state index in [2.05, 4.69) is 22.9 Å². The quantitative estimate of drug-likeness (QED) is 0.853. The van der Waals surface area contributed by atoms with E-state index in [1.165, 1.54) is 5.56 Å². The number of anilines is 1. The summed E-state index contributed by atoms with van der Waals surface area (Å²) in [6.07, 6.45) is 1.59. The van der Waals surface area contributed by atoms with Crippen LogP contribution in [0.3, 0.4) is 0 Å². The Labute approximate surface area is 119 Å². The Hall–Kier alpha value is -2.54. The molecule has 1 aromatic carbocycles. The van der Waals surface area contributed by atoms with Crippen LogP contribution in [-0.4, -0.2) is 19.1 Å². The van der Waals surface area contributed by atoms with E-state index in [0.29, 0.717) is 5.56 Å². The highest BCUT2D eigenvalue weighted by molar-refractivity contribution is 5.44. The number of methoxy groups -OCH3 is 1.